The summed E-state index contributed by atoms with van der Waals surface area (Å²) in [5.74, 6) is 0.565. The average molecular weight is 206 g/mol. The smallest absolute Gasteiger partial charge is 0.137 e. The Bertz CT molecular complexity index is 396. The third kappa shape index (κ3) is 2.21. The molecule has 0 amide bonds. The van der Waals surface area contributed by atoms with Crippen LogP contribution in [0.5, 0.6) is 5.75 Å². The standard InChI is InChI=1S/C10H10N2OS/c1-2-13-9-4-3-7(10(12)14)5-8(9)6-11/h3-5H,2H2,1H3,(H2,12,14). The van der Waals surface area contributed by atoms with Crippen LogP contribution < -0.4 is 10.5 Å². The van der Waals surface area contributed by atoms with Crippen LogP contribution in [0.15, 0.2) is 18.2 Å². The first-order chi connectivity index (χ1) is 6.69. The van der Waals surface area contributed by atoms with Crippen molar-refractivity contribution in [2.75, 3.05) is 6.61 Å². The van der Waals surface area contributed by atoms with E-state index in [4.69, 9.17) is 28.0 Å². The van der Waals surface area contributed by atoms with Crippen LogP contribution >= 0.6 is 12.2 Å². The summed E-state index contributed by atoms with van der Waals surface area (Å²) < 4.78 is 5.26. The molecule has 0 spiro atoms. The van der Waals surface area contributed by atoms with Crippen molar-refractivity contribution in [3.63, 3.8) is 0 Å². The molecular formula is C10H10N2OS. The molecule has 1 aromatic carbocycles. The molecule has 2 N–H and O–H groups in total. The minimum Gasteiger partial charge on any atom is -0.492 e. The molecule has 0 bridgehead atoms. The maximum Gasteiger partial charge on any atom is 0.137 e. The fourth-order valence-corrected chi connectivity index (χ4v) is 1.18. The van der Waals surface area contributed by atoms with Crippen LogP contribution in [-0.2, 0) is 0 Å². The van der Waals surface area contributed by atoms with E-state index in [0.717, 1.165) is 0 Å². The third-order valence-corrected chi connectivity index (χ3v) is 1.92. The van der Waals surface area contributed by atoms with E-state index < -0.39 is 0 Å². The Kier molecular flexibility index (Phi) is 3.43. The Labute approximate surface area is 88.1 Å². The van der Waals surface area contributed by atoms with Crippen LogP contribution in [0.4, 0.5) is 0 Å². The molecule has 0 heterocycles. The summed E-state index contributed by atoms with van der Waals surface area (Å²) in [6, 6.07) is 7.12. The van der Waals surface area contributed by atoms with Crippen molar-refractivity contribution in [1.82, 2.24) is 0 Å². The molecule has 0 aromatic heterocycles. The van der Waals surface area contributed by atoms with Crippen LogP contribution in [0.25, 0.3) is 0 Å². The second-order valence-electron chi connectivity index (χ2n) is 2.62. The van der Waals surface area contributed by atoms with Crippen LogP contribution in [-0.4, -0.2) is 11.6 Å². The molecule has 0 aliphatic heterocycles. The number of thiocarbonyl (C=S) groups is 1. The Morgan fingerprint density at radius 1 is 1.64 bits per heavy atom. The predicted octanol–water partition coefficient (Wildman–Crippen LogP) is 1.59. The monoisotopic (exact) mass is 206 g/mol. The molecule has 0 fully saturated rings. The van der Waals surface area contributed by atoms with Gasteiger partial charge in [0.1, 0.15) is 16.8 Å². The van der Waals surface area contributed by atoms with Crippen molar-refractivity contribution >= 4 is 17.2 Å². The Morgan fingerprint density at radius 2 is 2.36 bits per heavy atom. The molecule has 0 atom stereocenters. The molecule has 1 aromatic rings. The van der Waals surface area contributed by atoms with Gasteiger partial charge in [-0.1, -0.05) is 12.2 Å². The number of hydrogen-bond donors (Lipinski definition) is 1. The highest BCUT2D eigenvalue weighted by Gasteiger charge is 2.05. The molecule has 72 valence electrons. The highest BCUT2D eigenvalue weighted by molar-refractivity contribution is 7.80. The summed E-state index contributed by atoms with van der Waals surface area (Å²) in [6.45, 7) is 2.39. The van der Waals surface area contributed by atoms with Gasteiger partial charge in [-0.05, 0) is 25.1 Å². The summed E-state index contributed by atoms with van der Waals surface area (Å²) in [5, 5.41) is 8.84. The molecule has 0 saturated heterocycles. The largest absolute Gasteiger partial charge is 0.492 e. The summed E-state index contributed by atoms with van der Waals surface area (Å²) in [5.41, 5.74) is 6.58. The lowest BCUT2D eigenvalue weighted by Gasteiger charge is -2.06. The van der Waals surface area contributed by atoms with Gasteiger partial charge in [0.25, 0.3) is 0 Å². The highest BCUT2D eigenvalue weighted by atomic mass is 32.1. The summed E-state index contributed by atoms with van der Waals surface area (Å²) >= 11 is 4.81. The maximum atomic E-state index is 8.84. The number of nitriles is 1. The lowest BCUT2D eigenvalue weighted by Crippen LogP contribution is -2.09. The fourth-order valence-electron chi connectivity index (χ4n) is 1.05. The topological polar surface area (TPSA) is 59.0 Å². The van der Waals surface area contributed by atoms with E-state index >= 15 is 0 Å². The fraction of sp³-hybridized carbons (Fsp3) is 0.200. The lowest BCUT2D eigenvalue weighted by molar-refractivity contribution is 0.339. The van der Waals surface area contributed by atoms with Crippen molar-refractivity contribution in [3.05, 3.63) is 29.3 Å². The van der Waals surface area contributed by atoms with E-state index in [1.165, 1.54) is 0 Å². The van der Waals surface area contributed by atoms with Crippen molar-refractivity contribution < 1.29 is 4.74 Å². The average Bonchev–Trinajstić information content (AvgIpc) is 2.18. The molecule has 0 radical (unpaired) electrons. The summed E-state index contributed by atoms with van der Waals surface area (Å²) in [6.07, 6.45) is 0. The predicted molar refractivity (Wildman–Crippen MR) is 58.2 cm³/mol. The van der Waals surface area contributed by atoms with Gasteiger partial charge in [0, 0.05) is 5.56 Å². The molecule has 0 saturated carbocycles. The van der Waals surface area contributed by atoms with Crippen molar-refractivity contribution in [1.29, 1.82) is 5.26 Å². The van der Waals surface area contributed by atoms with Gasteiger partial charge >= 0.3 is 0 Å². The van der Waals surface area contributed by atoms with Crippen LogP contribution in [0.2, 0.25) is 0 Å². The highest BCUT2D eigenvalue weighted by Crippen LogP contribution is 2.19. The van der Waals surface area contributed by atoms with Gasteiger partial charge in [0.05, 0.1) is 12.2 Å². The van der Waals surface area contributed by atoms with E-state index in [1.807, 2.05) is 13.0 Å². The van der Waals surface area contributed by atoms with Gasteiger partial charge in [0.15, 0.2) is 0 Å². The molecule has 4 heteroatoms. The SMILES string of the molecule is CCOc1ccc(C(N)=S)cc1C#N. The summed E-state index contributed by atoms with van der Waals surface area (Å²) in [7, 11) is 0. The first-order valence-electron chi connectivity index (χ1n) is 4.15. The normalized spacial score (nSPS) is 9.14. The quantitative estimate of drug-likeness (QED) is 0.763. The zero-order valence-corrected chi connectivity index (χ0v) is 8.60. The van der Waals surface area contributed by atoms with Gasteiger partial charge in [-0.25, -0.2) is 0 Å². The Hall–Kier alpha value is -1.60. The molecule has 0 unspecified atom stereocenters. The second-order valence-corrected chi connectivity index (χ2v) is 3.06. The molecule has 3 nitrogen and oxygen atoms in total. The van der Waals surface area contributed by atoms with Crippen LogP contribution in [0, 0.1) is 11.3 Å². The van der Waals surface area contributed by atoms with Crippen LogP contribution in [0.1, 0.15) is 18.1 Å². The summed E-state index contributed by atoms with van der Waals surface area (Å²) in [4.78, 5) is 0.282. The van der Waals surface area contributed by atoms with Gasteiger partial charge in [0.2, 0.25) is 0 Å². The molecular weight excluding hydrogens is 196 g/mol. The zero-order valence-electron chi connectivity index (χ0n) is 7.78. The number of nitrogens with two attached hydrogens (primary N) is 1. The van der Waals surface area contributed by atoms with Gasteiger partial charge < -0.3 is 10.5 Å². The van der Waals surface area contributed by atoms with Crippen LogP contribution in [0.3, 0.4) is 0 Å². The van der Waals surface area contributed by atoms with E-state index in [1.54, 1.807) is 18.2 Å². The van der Waals surface area contributed by atoms with Gasteiger partial charge in [-0.2, -0.15) is 5.26 Å². The van der Waals surface area contributed by atoms with E-state index in [-0.39, 0.29) is 4.99 Å². The lowest BCUT2D eigenvalue weighted by atomic mass is 10.1. The Balaban J connectivity index is 3.13. The number of ether oxygens (including phenoxy) is 1. The third-order valence-electron chi connectivity index (χ3n) is 1.68. The van der Waals surface area contributed by atoms with E-state index in [0.29, 0.717) is 23.5 Å². The first-order valence-corrected chi connectivity index (χ1v) is 4.56. The number of nitrogens with zero attached hydrogens (tertiary/aromatic N) is 1. The van der Waals surface area contributed by atoms with Crippen molar-refractivity contribution in [2.45, 2.75) is 6.92 Å². The zero-order chi connectivity index (χ0) is 10.6. The first kappa shape index (κ1) is 10.5. The number of rotatable bonds is 3. The van der Waals surface area contributed by atoms with Crippen molar-refractivity contribution in [3.8, 4) is 11.8 Å². The number of benzene rings is 1. The minimum absolute atomic E-state index is 0.282. The molecule has 14 heavy (non-hydrogen) atoms. The van der Waals surface area contributed by atoms with Gasteiger partial charge in [-0.3, -0.25) is 0 Å². The maximum absolute atomic E-state index is 8.84. The minimum atomic E-state index is 0.282. The second kappa shape index (κ2) is 4.58. The number of hydrogen-bond acceptors (Lipinski definition) is 3. The molecule has 0 aliphatic carbocycles. The van der Waals surface area contributed by atoms with Gasteiger partial charge in [-0.15, -0.1) is 0 Å². The Morgan fingerprint density at radius 3 is 2.86 bits per heavy atom. The van der Waals surface area contributed by atoms with E-state index in [2.05, 4.69) is 0 Å². The molecule has 0 aliphatic rings. The van der Waals surface area contributed by atoms with Crippen molar-refractivity contribution in [2.24, 2.45) is 5.73 Å². The molecule has 1 rings (SSSR count). The van der Waals surface area contributed by atoms with E-state index in [9.17, 15) is 0 Å².